The summed E-state index contributed by atoms with van der Waals surface area (Å²) in [6.45, 7) is 2.01. The number of hydrogen-bond acceptors (Lipinski definition) is 4. The lowest BCUT2D eigenvalue weighted by Crippen LogP contribution is -2.51. The van der Waals surface area contributed by atoms with Gasteiger partial charge >= 0.3 is 0 Å². The number of amides is 1. The van der Waals surface area contributed by atoms with Crippen molar-refractivity contribution >= 4 is 11.9 Å². The summed E-state index contributed by atoms with van der Waals surface area (Å²) in [6.07, 6.45) is 2.87. The van der Waals surface area contributed by atoms with E-state index in [0.29, 0.717) is 12.4 Å². The second-order valence-corrected chi connectivity index (χ2v) is 6.76. The third-order valence-electron chi connectivity index (χ3n) is 4.92. The topological polar surface area (TPSA) is 71.8 Å². The normalized spacial score (nSPS) is 21.1. The number of hydrogen-bond donors (Lipinski definition) is 2. The van der Waals surface area contributed by atoms with Gasteiger partial charge in [-0.3, -0.25) is 4.79 Å². The highest BCUT2D eigenvalue weighted by atomic mass is 16.1. The molecule has 0 saturated carbocycles. The van der Waals surface area contributed by atoms with E-state index < -0.39 is 0 Å². The molecular formula is C21H23N5O. The summed E-state index contributed by atoms with van der Waals surface area (Å²) >= 11 is 0. The third-order valence-corrected chi connectivity index (χ3v) is 4.92. The molecule has 2 heterocycles. The van der Waals surface area contributed by atoms with E-state index >= 15 is 0 Å². The monoisotopic (exact) mass is 361 g/mol. The smallest absolute Gasteiger partial charge is 0.222 e. The highest BCUT2D eigenvalue weighted by Gasteiger charge is 2.40. The number of nitrogens with one attached hydrogen (secondary N) is 2. The number of anilines is 1. The molecule has 0 fully saturated rings. The Bertz CT molecular complexity index is 893. The Balaban J connectivity index is 1.81. The van der Waals surface area contributed by atoms with Gasteiger partial charge in [0.1, 0.15) is 12.4 Å². The summed E-state index contributed by atoms with van der Waals surface area (Å²) in [7, 11) is 0. The van der Waals surface area contributed by atoms with Crippen LogP contribution in [0.3, 0.4) is 0 Å². The molecule has 0 saturated heterocycles. The molecule has 3 atom stereocenters. The van der Waals surface area contributed by atoms with E-state index in [0.717, 1.165) is 17.5 Å². The van der Waals surface area contributed by atoms with Crippen LogP contribution in [0, 0.1) is 0 Å². The van der Waals surface area contributed by atoms with Gasteiger partial charge < -0.3 is 10.6 Å². The highest BCUT2D eigenvalue weighted by Crippen LogP contribution is 2.37. The lowest BCUT2D eigenvalue weighted by molar-refractivity contribution is -0.122. The van der Waals surface area contributed by atoms with Crippen LogP contribution in [0.5, 0.6) is 0 Å². The average molecular weight is 361 g/mol. The van der Waals surface area contributed by atoms with E-state index in [1.807, 2.05) is 48.0 Å². The first-order chi connectivity index (χ1) is 13.3. The van der Waals surface area contributed by atoms with Gasteiger partial charge in [-0.25, -0.2) is 4.68 Å². The van der Waals surface area contributed by atoms with Crippen LogP contribution in [0.25, 0.3) is 0 Å². The van der Waals surface area contributed by atoms with Crippen LogP contribution < -0.4 is 10.6 Å². The molecule has 3 unspecified atom stereocenters. The predicted molar refractivity (Wildman–Crippen MR) is 104 cm³/mol. The molecule has 0 radical (unpaired) electrons. The van der Waals surface area contributed by atoms with Gasteiger partial charge in [-0.05, 0) is 17.5 Å². The van der Waals surface area contributed by atoms with Crippen LogP contribution in [0.1, 0.15) is 43.0 Å². The first-order valence-corrected chi connectivity index (χ1v) is 9.33. The number of rotatable bonds is 5. The molecule has 6 nitrogen and oxygen atoms in total. The van der Waals surface area contributed by atoms with Crippen LogP contribution in [0.4, 0.5) is 5.95 Å². The molecule has 1 amide bonds. The minimum Gasteiger partial charge on any atom is -0.348 e. The van der Waals surface area contributed by atoms with Gasteiger partial charge in [0, 0.05) is 6.42 Å². The first kappa shape index (κ1) is 17.3. The fourth-order valence-electron chi connectivity index (χ4n) is 3.72. The Morgan fingerprint density at radius 1 is 1.07 bits per heavy atom. The SMILES string of the molecule is CCCC(=O)NC1C(c2ccccc2)Nc2ncnn2C1c1ccccc1. The average Bonchev–Trinajstić information content (AvgIpc) is 3.17. The summed E-state index contributed by atoms with van der Waals surface area (Å²) in [4.78, 5) is 16.9. The van der Waals surface area contributed by atoms with Crippen molar-refractivity contribution in [1.82, 2.24) is 20.1 Å². The number of fused-ring (bicyclic) bond motifs is 1. The Kier molecular flexibility index (Phi) is 4.87. The molecule has 4 rings (SSSR count). The van der Waals surface area contributed by atoms with Crippen molar-refractivity contribution in [3.8, 4) is 0 Å². The fraction of sp³-hybridized carbons (Fsp3) is 0.286. The molecule has 1 aliphatic heterocycles. The zero-order valence-electron chi connectivity index (χ0n) is 15.2. The minimum atomic E-state index is -0.192. The van der Waals surface area contributed by atoms with Crippen LogP contribution in [0.2, 0.25) is 0 Å². The van der Waals surface area contributed by atoms with E-state index in [2.05, 4.69) is 45.0 Å². The molecule has 2 N–H and O–H groups in total. The molecule has 1 aliphatic rings. The van der Waals surface area contributed by atoms with Crippen molar-refractivity contribution < 1.29 is 4.79 Å². The second-order valence-electron chi connectivity index (χ2n) is 6.76. The second kappa shape index (κ2) is 7.61. The highest BCUT2D eigenvalue weighted by molar-refractivity contribution is 5.76. The molecule has 3 aromatic rings. The molecule has 0 aliphatic carbocycles. The number of aromatic nitrogens is 3. The van der Waals surface area contributed by atoms with E-state index in [9.17, 15) is 4.79 Å². The molecule has 27 heavy (non-hydrogen) atoms. The lowest BCUT2D eigenvalue weighted by Gasteiger charge is -2.40. The molecule has 6 heteroatoms. The predicted octanol–water partition coefficient (Wildman–Crippen LogP) is 3.32. The minimum absolute atomic E-state index is 0.0507. The van der Waals surface area contributed by atoms with Crippen LogP contribution >= 0.6 is 0 Å². The zero-order chi connectivity index (χ0) is 18.6. The maximum atomic E-state index is 12.5. The zero-order valence-corrected chi connectivity index (χ0v) is 15.2. The lowest BCUT2D eigenvalue weighted by atomic mass is 9.88. The molecular weight excluding hydrogens is 338 g/mol. The Labute approximate surface area is 158 Å². The van der Waals surface area contributed by atoms with Crippen molar-refractivity contribution in [2.75, 3.05) is 5.32 Å². The van der Waals surface area contributed by atoms with Crippen molar-refractivity contribution in [3.63, 3.8) is 0 Å². The summed E-state index contributed by atoms with van der Waals surface area (Å²) in [6, 6.07) is 19.9. The molecule has 138 valence electrons. The molecule has 0 spiro atoms. The van der Waals surface area contributed by atoms with Crippen LogP contribution in [0.15, 0.2) is 67.0 Å². The Morgan fingerprint density at radius 3 is 2.41 bits per heavy atom. The van der Waals surface area contributed by atoms with E-state index in [4.69, 9.17) is 0 Å². The van der Waals surface area contributed by atoms with Gasteiger partial charge in [0.2, 0.25) is 11.9 Å². The van der Waals surface area contributed by atoms with E-state index in [1.165, 1.54) is 0 Å². The van der Waals surface area contributed by atoms with Crippen LogP contribution in [-0.2, 0) is 4.79 Å². The fourth-order valence-corrected chi connectivity index (χ4v) is 3.72. The molecule has 1 aromatic heterocycles. The van der Waals surface area contributed by atoms with E-state index in [-0.39, 0.29) is 24.0 Å². The number of carbonyl (C=O) groups is 1. The van der Waals surface area contributed by atoms with Gasteiger partial charge in [0.05, 0.1) is 12.1 Å². The third kappa shape index (κ3) is 3.43. The number of benzene rings is 2. The molecule has 2 aromatic carbocycles. The maximum absolute atomic E-state index is 12.5. The largest absolute Gasteiger partial charge is 0.348 e. The molecule has 0 bridgehead atoms. The van der Waals surface area contributed by atoms with Gasteiger partial charge in [-0.15, -0.1) is 0 Å². The Hall–Kier alpha value is -3.15. The van der Waals surface area contributed by atoms with Crippen molar-refractivity contribution in [1.29, 1.82) is 0 Å². The van der Waals surface area contributed by atoms with Gasteiger partial charge in [-0.1, -0.05) is 67.6 Å². The van der Waals surface area contributed by atoms with Gasteiger partial charge in [0.15, 0.2) is 0 Å². The maximum Gasteiger partial charge on any atom is 0.222 e. The number of nitrogens with zero attached hydrogens (tertiary/aromatic N) is 3. The van der Waals surface area contributed by atoms with Gasteiger partial charge in [-0.2, -0.15) is 10.1 Å². The quantitative estimate of drug-likeness (QED) is 0.731. The summed E-state index contributed by atoms with van der Waals surface area (Å²) in [5, 5.41) is 11.2. The summed E-state index contributed by atoms with van der Waals surface area (Å²) in [5.74, 6) is 0.758. The first-order valence-electron chi connectivity index (χ1n) is 9.33. The van der Waals surface area contributed by atoms with Crippen molar-refractivity contribution in [2.45, 2.75) is 37.9 Å². The van der Waals surface area contributed by atoms with Crippen molar-refractivity contribution in [3.05, 3.63) is 78.1 Å². The van der Waals surface area contributed by atoms with Crippen molar-refractivity contribution in [2.24, 2.45) is 0 Å². The summed E-state index contributed by atoms with van der Waals surface area (Å²) in [5.41, 5.74) is 2.20. The van der Waals surface area contributed by atoms with Gasteiger partial charge in [0.25, 0.3) is 0 Å². The van der Waals surface area contributed by atoms with Crippen LogP contribution in [-0.4, -0.2) is 26.7 Å². The summed E-state index contributed by atoms with van der Waals surface area (Å²) < 4.78 is 1.87. The van der Waals surface area contributed by atoms with E-state index in [1.54, 1.807) is 6.33 Å². The standard InChI is InChI=1S/C21H23N5O/c1-2-9-17(27)24-19-18(15-10-5-3-6-11-15)25-21-22-14-23-26(21)20(19)16-12-7-4-8-13-16/h3-8,10-14,18-20H,2,9H2,1H3,(H,24,27)(H,22,23,25). The number of carbonyl (C=O) groups excluding carboxylic acids is 1. The Morgan fingerprint density at radius 2 is 1.74 bits per heavy atom.